The van der Waals surface area contributed by atoms with Crippen LogP contribution in [0.5, 0.6) is 0 Å². The molecule has 0 radical (unpaired) electrons. The number of hydrogen-bond donors (Lipinski definition) is 2. The van der Waals surface area contributed by atoms with E-state index in [-0.39, 0.29) is 23.8 Å². The van der Waals surface area contributed by atoms with E-state index in [0.29, 0.717) is 12.4 Å². The molecule has 3 rings (SSSR count). The number of imidazole rings is 1. The van der Waals surface area contributed by atoms with E-state index >= 15 is 0 Å². The number of carbonyl (C=O) groups is 1. The Bertz CT molecular complexity index is 1010. The van der Waals surface area contributed by atoms with Crippen molar-refractivity contribution in [1.29, 1.82) is 0 Å². The summed E-state index contributed by atoms with van der Waals surface area (Å²) in [5.74, 6) is -0.408. The Kier molecular flexibility index (Phi) is 5.52. The van der Waals surface area contributed by atoms with Crippen molar-refractivity contribution in [2.45, 2.75) is 17.7 Å². The first-order valence-electron chi connectivity index (χ1n) is 8.33. The highest BCUT2D eigenvalue weighted by Crippen LogP contribution is 2.16. The lowest BCUT2D eigenvalue weighted by atomic mass is 10.3. The van der Waals surface area contributed by atoms with Crippen molar-refractivity contribution in [2.75, 3.05) is 18.9 Å². The van der Waals surface area contributed by atoms with Gasteiger partial charge in [0.1, 0.15) is 5.82 Å². The fourth-order valence-corrected chi connectivity index (χ4v) is 3.78. The van der Waals surface area contributed by atoms with Crippen molar-refractivity contribution < 1.29 is 17.6 Å². The van der Waals surface area contributed by atoms with Gasteiger partial charge in [-0.3, -0.25) is 10.1 Å². The van der Waals surface area contributed by atoms with Gasteiger partial charge in [-0.15, -0.1) is 0 Å². The van der Waals surface area contributed by atoms with Gasteiger partial charge in [-0.2, -0.15) is 0 Å². The van der Waals surface area contributed by atoms with E-state index in [9.17, 15) is 17.6 Å². The van der Waals surface area contributed by atoms with Crippen LogP contribution in [0.3, 0.4) is 0 Å². The van der Waals surface area contributed by atoms with Crippen LogP contribution in [0.4, 0.5) is 10.3 Å². The smallest absolute Gasteiger partial charge is 0.242 e. The van der Waals surface area contributed by atoms with E-state index in [2.05, 4.69) is 15.3 Å². The lowest BCUT2D eigenvalue weighted by Crippen LogP contribution is -2.28. The number of benzene rings is 2. The molecule has 3 aromatic rings. The quantitative estimate of drug-likeness (QED) is 0.648. The number of carbonyl (C=O) groups excluding carboxylic acids is 1. The Balaban J connectivity index is 1.52. The summed E-state index contributed by atoms with van der Waals surface area (Å²) in [5.41, 5.74) is 1.57. The van der Waals surface area contributed by atoms with Gasteiger partial charge < -0.3 is 4.98 Å². The molecule has 0 saturated carbocycles. The zero-order chi connectivity index (χ0) is 19.4. The summed E-state index contributed by atoms with van der Waals surface area (Å²) >= 11 is 0. The van der Waals surface area contributed by atoms with Crippen LogP contribution < -0.4 is 5.32 Å². The Morgan fingerprint density at radius 1 is 1.19 bits per heavy atom. The topological polar surface area (TPSA) is 95.2 Å². The lowest BCUT2D eigenvalue weighted by molar-refractivity contribution is -0.116. The van der Waals surface area contributed by atoms with Crippen LogP contribution in [0.15, 0.2) is 53.4 Å². The number of nitrogens with zero attached hydrogens (tertiary/aromatic N) is 2. The summed E-state index contributed by atoms with van der Waals surface area (Å²) in [6.45, 7) is 0.160. The number of rotatable bonds is 7. The Labute approximate surface area is 156 Å². The van der Waals surface area contributed by atoms with Gasteiger partial charge in [0.2, 0.25) is 21.9 Å². The molecule has 0 bridgehead atoms. The third-order valence-electron chi connectivity index (χ3n) is 4.05. The molecular formula is C18H19FN4O3S. The Hall–Kier alpha value is -2.78. The zero-order valence-electron chi connectivity index (χ0n) is 14.6. The Morgan fingerprint density at radius 3 is 2.59 bits per heavy atom. The largest absolute Gasteiger partial charge is 0.324 e. The summed E-state index contributed by atoms with van der Waals surface area (Å²) in [5, 5.41) is 2.67. The monoisotopic (exact) mass is 390 g/mol. The number of para-hydroxylation sites is 2. The molecule has 1 amide bonds. The average Bonchev–Trinajstić information content (AvgIpc) is 3.04. The second-order valence-electron chi connectivity index (χ2n) is 6.03. The molecule has 9 heteroatoms. The van der Waals surface area contributed by atoms with Gasteiger partial charge >= 0.3 is 0 Å². The van der Waals surface area contributed by atoms with Crippen molar-refractivity contribution in [2.24, 2.45) is 0 Å². The molecule has 142 valence electrons. The third kappa shape index (κ3) is 4.50. The molecule has 0 aliphatic heterocycles. The van der Waals surface area contributed by atoms with Gasteiger partial charge in [-0.1, -0.05) is 12.1 Å². The molecule has 0 aliphatic rings. The average molecular weight is 390 g/mol. The summed E-state index contributed by atoms with van der Waals surface area (Å²) in [6.07, 6.45) is 0.476. The van der Waals surface area contributed by atoms with Crippen LogP contribution in [0.1, 0.15) is 12.8 Å². The van der Waals surface area contributed by atoms with Gasteiger partial charge in [-0.25, -0.2) is 22.1 Å². The number of H-pyrrole nitrogens is 1. The van der Waals surface area contributed by atoms with Gasteiger partial charge in [0.25, 0.3) is 0 Å². The first kappa shape index (κ1) is 19.0. The van der Waals surface area contributed by atoms with Crippen molar-refractivity contribution in [3.8, 4) is 0 Å². The number of amides is 1. The molecule has 0 unspecified atom stereocenters. The predicted octanol–water partition coefficient (Wildman–Crippen LogP) is 2.74. The number of anilines is 1. The van der Waals surface area contributed by atoms with E-state index in [0.717, 1.165) is 27.5 Å². The molecule has 0 atom stereocenters. The van der Waals surface area contributed by atoms with E-state index in [1.54, 1.807) is 0 Å². The minimum atomic E-state index is -3.71. The number of aromatic nitrogens is 2. The second-order valence-corrected chi connectivity index (χ2v) is 8.08. The maximum atomic E-state index is 13.0. The summed E-state index contributed by atoms with van der Waals surface area (Å²) < 4.78 is 38.9. The van der Waals surface area contributed by atoms with Crippen LogP contribution in [0.2, 0.25) is 0 Å². The van der Waals surface area contributed by atoms with Crippen LogP contribution in [0.25, 0.3) is 11.0 Å². The van der Waals surface area contributed by atoms with E-state index in [1.807, 2.05) is 24.3 Å². The minimum absolute atomic E-state index is 0.0122. The maximum absolute atomic E-state index is 13.0. The molecule has 1 heterocycles. The van der Waals surface area contributed by atoms with E-state index < -0.39 is 15.8 Å². The summed E-state index contributed by atoms with van der Waals surface area (Å²) in [4.78, 5) is 19.3. The Morgan fingerprint density at radius 2 is 1.89 bits per heavy atom. The second kappa shape index (κ2) is 7.85. The van der Waals surface area contributed by atoms with Gasteiger partial charge in [-0.05, 0) is 42.8 Å². The van der Waals surface area contributed by atoms with E-state index in [4.69, 9.17) is 0 Å². The van der Waals surface area contributed by atoms with Crippen molar-refractivity contribution in [1.82, 2.24) is 14.3 Å². The van der Waals surface area contributed by atoms with Gasteiger partial charge in [0.05, 0.1) is 15.9 Å². The standard InChI is InChI=1S/C18H19FN4O3S/c1-23(27(25,26)14-10-8-13(19)9-11-14)12-4-7-17(24)22-18-20-15-5-2-3-6-16(15)21-18/h2-3,5-6,8-11H,4,7,12H2,1H3,(H2,20,21,22,24). The molecule has 7 nitrogen and oxygen atoms in total. The van der Waals surface area contributed by atoms with E-state index in [1.165, 1.54) is 19.2 Å². The van der Waals surface area contributed by atoms with Crippen LogP contribution in [0, 0.1) is 5.82 Å². The molecule has 0 saturated heterocycles. The maximum Gasteiger partial charge on any atom is 0.242 e. The first-order valence-corrected chi connectivity index (χ1v) is 9.77. The van der Waals surface area contributed by atoms with Crippen LogP contribution >= 0.6 is 0 Å². The van der Waals surface area contributed by atoms with Crippen LogP contribution in [-0.4, -0.2) is 42.2 Å². The number of nitrogens with one attached hydrogen (secondary N) is 2. The molecule has 1 aromatic heterocycles. The molecular weight excluding hydrogens is 371 g/mol. The lowest BCUT2D eigenvalue weighted by Gasteiger charge is -2.16. The highest BCUT2D eigenvalue weighted by molar-refractivity contribution is 7.89. The molecule has 0 fully saturated rings. The van der Waals surface area contributed by atoms with Crippen molar-refractivity contribution in [3.63, 3.8) is 0 Å². The number of aromatic amines is 1. The number of fused-ring (bicyclic) bond motifs is 1. The predicted molar refractivity (Wildman–Crippen MR) is 100 cm³/mol. The zero-order valence-corrected chi connectivity index (χ0v) is 15.5. The highest BCUT2D eigenvalue weighted by Gasteiger charge is 2.20. The van der Waals surface area contributed by atoms with Crippen molar-refractivity contribution in [3.05, 3.63) is 54.3 Å². The van der Waals surface area contributed by atoms with Crippen molar-refractivity contribution >= 4 is 32.9 Å². The fraction of sp³-hybridized carbons (Fsp3) is 0.222. The summed E-state index contributed by atoms with van der Waals surface area (Å²) in [6, 6.07) is 12.0. The minimum Gasteiger partial charge on any atom is -0.324 e. The molecule has 27 heavy (non-hydrogen) atoms. The number of halogens is 1. The molecule has 0 spiro atoms. The SMILES string of the molecule is CN(CCCC(=O)Nc1nc2ccccc2[nH]1)S(=O)(=O)c1ccc(F)cc1. The molecule has 0 aliphatic carbocycles. The fourth-order valence-electron chi connectivity index (χ4n) is 2.58. The number of hydrogen-bond acceptors (Lipinski definition) is 4. The normalized spacial score (nSPS) is 11.8. The van der Waals surface area contributed by atoms with Crippen LogP contribution in [-0.2, 0) is 14.8 Å². The number of sulfonamides is 1. The molecule has 2 N–H and O–H groups in total. The highest BCUT2D eigenvalue weighted by atomic mass is 32.2. The van der Waals surface area contributed by atoms with Gasteiger partial charge in [0.15, 0.2) is 0 Å². The molecule has 2 aromatic carbocycles. The summed E-state index contributed by atoms with van der Waals surface area (Å²) in [7, 11) is -2.29. The first-order chi connectivity index (χ1) is 12.9. The third-order valence-corrected chi connectivity index (χ3v) is 5.92. The van der Waals surface area contributed by atoms with Gasteiger partial charge in [0, 0.05) is 20.0 Å².